The second-order valence-corrected chi connectivity index (χ2v) is 5.43. The monoisotopic (exact) mass is 216 g/mol. The van der Waals surface area contributed by atoms with Crippen LogP contribution in [0.15, 0.2) is 0 Å². The van der Waals surface area contributed by atoms with Gasteiger partial charge in [-0.2, -0.15) is 11.8 Å². The van der Waals surface area contributed by atoms with E-state index in [1.807, 2.05) is 18.7 Å². The van der Waals surface area contributed by atoms with Gasteiger partial charge in [-0.3, -0.25) is 4.79 Å². The molecule has 1 fully saturated rings. The first-order chi connectivity index (χ1) is 6.65. The number of thioether (sulfide) groups is 1. The Labute approximate surface area is 90.8 Å². The van der Waals surface area contributed by atoms with Crippen molar-refractivity contribution in [3.63, 3.8) is 0 Å². The van der Waals surface area contributed by atoms with Gasteiger partial charge in [0.1, 0.15) is 0 Å². The maximum atomic E-state index is 11.2. The van der Waals surface area contributed by atoms with E-state index in [4.69, 9.17) is 4.74 Å². The fourth-order valence-electron chi connectivity index (χ4n) is 2.05. The van der Waals surface area contributed by atoms with Gasteiger partial charge >= 0.3 is 5.97 Å². The molecule has 1 aliphatic heterocycles. The Bertz CT molecular complexity index is 184. The number of carbonyl (C=O) groups excluding carboxylic acids is 1. The SMILES string of the molecule is CCOC(=O)CCC1C(C)CSC1C. The highest BCUT2D eigenvalue weighted by molar-refractivity contribution is 8.00. The van der Waals surface area contributed by atoms with E-state index in [0.717, 1.165) is 12.3 Å². The summed E-state index contributed by atoms with van der Waals surface area (Å²) in [6, 6.07) is 0. The molecule has 82 valence electrons. The Morgan fingerprint density at radius 2 is 2.21 bits per heavy atom. The van der Waals surface area contributed by atoms with Crippen LogP contribution in [0.4, 0.5) is 0 Å². The molecule has 2 nitrogen and oxygen atoms in total. The van der Waals surface area contributed by atoms with Gasteiger partial charge in [0.25, 0.3) is 0 Å². The number of rotatable bonds is 4. The maximum absolute atomic E-state index is 11.2. The summed E-state index contributed by atoms with van der Waals surface area (Å²) in [4.78, 5) is 11.2. The van der Waals surface area contributed by atoms with Gasteiger partial charge in [-0.1, -0.05) is 13.8 Å². The predicted octanol–water partition coefficient (Wildman–Crippen LogP) is 2.72. The first kappa shape index (κ1) is 11.9. The highest BCUT2D eigenvalue weighted by Gasteiger charge is 2.30. The molecule has 0 saturated carbocycles. The summed E-state index contributed by atoms with van der Waals surface area (Å²) in [5.74, 6) is 2.66. The lowest BCUT2D eigenvalue weighted by Crippen LogP contribution is -2.17. The lowest BCUT2D eigenvalue weighted by Gasteiger charge is -2.17. The van der Waals surface area contributed by atoms with Crippen molar-refractivity contribution in [3.05, 3.63) is 0 Å². The van der Waals surface area contributed by atoms with Crippen molar-refractivity contribution in [1.82, 2.24) is 0 Å². The molecule has 3 heteroatoms. The molecule has 0 aliphatic carbocycles. The van der Waals surface area contributed by atoms with Crippen LogP contribution in [0, 0.1) is 11.8 Å². The number of esters is 1. The summed E-state index contributed by atoms with van der Waals surface area (Å²) in [7, 11) is 0. The smallest absolute Gasteiger partial charge is 0.305 e. The van der Waals surface area contributed by atoms with Crippen LogP contribution >= 0.6 is 11.8 Å². The molecular formula is C11H20O2S. The van der Waals surface area contributed by atoms with Crippen LogP contribution < -0.4 is 0 Å². The lowest BCUT2D eigenvalue weighted by atomic mass is 9.89. The normalized spacial score (nSPS) is 31.8. The highest BCUT2D eigenvalue weighted by Crippen LogP contribution is 2.39. The van der Waals surface area contributed by atoms with Crippen LogP contribution in [0.5, 0.6) is 0 Å². The van der Waals surface area contributed by atoms with Crippen molar-refractivity contribution in [3.8, 4) is 0 Å². The molecule has 0 spiro atoms. The molecule has 1 aliphatic rings. The minimum Gasteiger partial charge on any atom is -0.466 e. The minimum atomic E-state index is -0.0381. The van der Waals surface area contributed by atoms with Gasteiger partial charge in [0.15, 0.2) is 0 Å². The zero-order valence-electron chi connectivity index (χ0n) is 9.29. The molecule has 3 atom stereocenters. The molecule has 0 amide bonds. The van der Waals surface area contributed by atoms with Crippen molar-refractivity contribution >= 4 is 17.7 Å². The van der Waals surface area contributed by atoms with Crippen LogP contribution in [-0.4, -0.2) is 23.6 Å². The highest BCUT2D eigenvalue weighted by atomic mass is 32.2. The van der Waals surface area contributed by atoms with Crippen molar-refractivity contribution in [2.45, 2.75) is 38.9 Å². The quantitative estimate of drug-likeness (QED) is 0.676. The van der Waals surface area contributed by atoms with E-state index in [1.165, 1.54) is 5.75 Å². The molecule has 1 heterocycles. The zero-order chi connectivity index (χ0) is 10.6. The Morgan fingerprint density at radius 3 is 2.71 bits per heavy atom. The summed E-state index contributed by atoms with van der Waals surface area (Å²) in [5.41, 5.74) is 0. The lowest BCUT2D eigenvalue weighted by molar-refractivity contribution is -0.143. The van der Waals surface area contributed by atoms with Gasteiger partial charge in [-0.25, -0.2) is 0 Å². The first-order valence-corrected chi connectivity index (χ1v) is 6.47. The molecule has 14 heavy (non-hydrogen) atoms. The van der Waals surface area contributed by atoms with Crippen LogP contribution in [0.3, 0.4) is 0 Å². The molecule has 0 aromatic heterocycles. The number of hydrogen-bond donors (Lipinski definition) is 0. The minimum absolute atomic E-state index is 0.0381. The van der Waals surface area contributed by atoms with E-state index in [0.29, 0.717) is 24.2 Å². The van der Waals surface area contributed by atoms with Crippen LogP contribution in [-0.2, 0) is 9.53 Å². The van der Waals surface area contributed by atoms with Crippen LogP contribution in [0.25, 0.3) is 0 Å². The van der Waals surface area contributed by atoms with E-state index < -0.39 is 0 Å². The number of carbonyl (C=O) groups is 1. The van der Waals surface area contributed by atoms with E-state index in [9.17, 15) is 4.79 Å². The topological polar surface area (TPSA) is 26.3 Å². The van der Waals surface area contributed by atoms with Crippen molar-refractivity contribution in [1.29, 1.82) is 0 Å². The fourth-order valence-corrected chi connectivity index (χ4v) is 3.56. The molecule has 0 aromatic carbocycles. The summed E-state index contributed by atoms with van der Waals surface area (Å²) < 4.78 is 4.93. The van der Waals surface area contributed by atoms with Gasteiger partial charge in [0, 0.05) is 11.7 Å². The fraction of sp³-hybridized carbons (Fsp3) is 0.909. The molecule has 0 N–H and O–H groups in total. The predicted molar refractivity (Wildman–Crippen MR) is 60.4 cm³/mol. The second kappa shape index (κ2) is 5.64. The van der Waals surface area contributed by atoms with Crippen LogP contribution in [0.1, 0.15) is 33.6 Å². The van der Waals surface area contributed by atoms with E-state index in [1.54, 1.807) is 0 Å². The van der Waals surface area contributed by atoms with Crippen molar-refractivity contribution in [2.75, 3.05) is 12.4 Å². The maximum Gasteiger partial charge on any atom is 0.305 e. The average molecular weight is 216 g/mol. The number of ether oxygens (including phenoxy) is 1. The zero-order valence-corrected chi connectivity index (χ0v) is 10.1. The van der Waals surface area contributed by atoms with Crippen molar-refractivity contribution < 1.29 is 9.53 Å². The Balaban J connectivity index is 2.26. The van der Waals surface area contributed by atoms with Gasteiger partial charge in [0.2, 0.25) is 0 Å². The third kappa shape index (κ3) is 3.19. The molecular weight excluding hydrogens is 196 g/mol. The van der Waals surface area contributed by atoms with Crippen LogP contribution in [0.2, 0.25) is 0 Å². The third-order valence-corrected chi connectivity index (χ3v) is 4.54. The Kier molecular flexibility index (Phi) is 4.79. The summed E-state index contributed by atoms with van der Waals surface area (Å²) in [6.07, 6.45) is 1.59. The largest absolute Gasteiger partial charge is 0.466 e. The van der Waals surface area contributed by atoms with E-state index >= 15 is 0 Å². The Hall–Kier alpha value is -0.180. The molecule has 1 saturated heterocycles. The third-order valence-electron chi connectivity index (χ3n) is 2.94. The standard InChI is InChI=1S/C11H20O2S/c1-4-13-11(12)6-5-10-8(2)7-14-9(10)3/h8-10H,4-7H2,1-3H3. The molecule has 0 bridgehead atoms. The van der Waals surface area contributed by atoms with Gasteiger partial charge in [-0.15, -0.1) is 0 Å². The number of hydrogen-bond acceptors (Lipinski definition) is 3. The molecule has 3 unspecified atom stereocenters. The summed E-state index contributed by atoms with van der Waals surface area (Å²) in [6.45, 7) is 6.91. The van der Waals surface area contributed by atoms with Gasteiger partial charge in [0.05, 0.1) is 6.61 Å². The Morgan fingerprint density at radius 1 is 1.50 bits per heavy atom. The van der Waals surface area contributed by atoms with E-state index in [2.05, 4.69) is 13.8 Å². The molecule has 1 rings (SSSR count). The van der Waals surface area contributed by atoms with Gasteiger partial charge in [-0.05, 0) is 30.9 Å². The summed E-state index contributed by atoms with van der Waals surface area (Å²) in [5, 5.41) is 0.708. The van der Waals surface area contributed by atoms with Crippen molar-refractivity contribution in [2.24, 2.45) is 11.8 Å². The second-order valence-electron chi connectivity index (χ2n) is 4.02. The first-order valence-electron chi connectivity index (χ1n) is 5.42. The molecule has 0 aromatic rings. The summed E-state index contributed by atoms with van der Waals surface area (Å²) >= 11 is 2.03. The van der Waals surface area contributed by atoms with E-state index in [-0.39, 0.29) is 5.97 Å². The molecule has 0 radical (unpaired) electrons. The van der Waals surface area contributed by atoms with Gasteiger partial charge < -0.3 is 4.74 Å². The average Bonchev–Trinajstić information content (AvgIpc) is 2.44.